The number of benzene rings is 2. The molecule has 6 nitrogen and oxygen atoms in total. The van der Waals surface area contributed by atoms with Gasteiger partial charge in [-0.05, 0) is 56.0 Å². The summed E-state index contributed by atoms with van der Waals surface area (Å²) in [5.74, 6) is 3.52. The van der Waals surface area contributed by atoms with Crippen molar-refractivity contribution in [1.82, 2.24) is 14.9 Å². The van der Waals surface area contributed by atoms with Crippen molar-refractivity contribution in [2.24, 2.45) is 11.8 Å². The van der Waals surface area contributed by atoms with Crippen LogP contribution in [-0.2, 0) is 0 Å². The molecule has 1 saturated heterocycles. The van der Waals surface area contributed by atoms with Gasteiger partial charge in [0.1, 0.15) is 12.1 Å². The van der Waals surface area contributed by atoms with Gasteiger partial charge in [-0.3, -0.25) is 0 Å². The zero-order valence-electron chi connectivity index (χ0n) is 17.8. The molecule has 170 valence electrons. The Balaban J connectivity index is 0.00000245. The number of anilines is 2. The van der Waals surface area contributed by atoms with Gasteiger partial charge in [-0.15, -0.1) is 12.4 Å². The summed E-state index contributed by atoms with van der Waals surface area (Å²) in [6.45, 7) is 2.33. The number of nitrogens with zero attached hydrogens (tertiary/aromatic N) is 3. The van der Waals surface area contributed by atoms with Crippen molar-refractivity contribution in [2.45, 2.75) is 18.9 Å². The van der Waals surface area contributed by atoms with E-state index in [4.69, 9.17) is 32.7 Å². The van der Waals surface area contributed by atoms with E-state index >= 15 is 0 Å². The maximum Gasteiger partial charge on any atom is 0.163 e. The molecule has 0 bridgehead atoms. The largest absolute Gasteiger partial charge is 0.493 e. The number of hydrogen-bond donors (Lipinski definition) is 1. The summed E-state index contributed by atoms with van der Waals surface area (Å²) in [6, 6.07) is 9.23. The molecular formula is C23H25Cl3N4O2. The van der Waals surface area contributed by atoms with Gasteiger partial charge in [-0.1, -0.05) is 23.2 Å². The van der Waals surface area contributed by atoms with Crippen LogP contribution in [0.1, 0.15) is 12.8 Å². The molecule has 0 spiro atoms. The van der Waals surface area contributed by atoms with Gasteiger partial charge in [0.2, 0.25) is 0 Å². The van der Waals surface area contributed by atoms with E-state index in [1.165, 1.54) is 6.33 Å². The summed E-state index contributed by atoms with van der Waals surface area (Å²) >= 11 is 12.2. The number of ether oxygens (including phenoxy) is 2. The Kier molecular flexibility index (Phi) is 6.86. The fourth-order valence-corrected chi connectivity index (χ4v) is 5.18. The second-order valence-corrected chi connectivity index (χ2v) is 9.26. The van der Waals surface area contributed by atoms with Gasteiger partial charge in [0.15, 0.2) is 11.5 Å². The average molecular weight is 496 g/mol. The van der Waals surface area contributed by atoms with Gasteiger partial charge < -0.3 is 19.7 Å². The van der Waals surface area contributed by atoms with Gasteiger partial charge in [-0.2, -0.15) is 0 Å². The highest BCUT2D eigenvalue weighted by atomic mass is 35.5. The highest BCUT2D eigenvalue weighted by molar-refractivity contribution is 6.42. The third-order valence-electron chi connectivity index (χ3n) is 6.29. The number of halogens is 3. The van der Waals surface area contributed by atoms with Crippen molar-refractivity contribution in [1.29, 1.82) is 0 Å². The van der Waals surface area contributed by atoms with Crippen LogP contribution in [0.5, 0.6) is 11.5 Å². The Bertz CT molecular complexity index is 1120. The Morgan fingerprint density at radius 2 is 1.75 bits per heavy atom. The number of likely N-dealkylation sites (tertiary alicyclic amines) is 1. The molecule has 1 aliphatic carbocycles. The predicted octanol–water partition coefficient (Wildman–Crippen LogP) is 5.83. The molecule has 0 radical (unpaired) electrons. The van der Waals surface area contributed by atoms with Crippen molar-refractivity contribution in [2.75, 3.05) is 32.6 Å². The monoisotopic (exact) mass is 494 g/mol. The standard InChI is InChI=1S/C23H24Cl2N4O2.ClH/c1-29-10-13-5-16(6-14(13)11-29)31-22-9-20-17(8-21(22)30-2)23(27-12-26-20)28-15-3-4-18(24)19(25)7-15;/h3-4,7-9,12-14,16H,5-6,10-11H2,1-2H3,(H,26,27,28);1H/t13-,14+,16?;. The Morgan fingerprint density at radius 3 is 2.44 bits per heavy atom. The van der Waals surface area contributed by atoms with E-state index in [-0.39, 0.29) is 18.5 Å². The summed E-state index contributed by atoms with van der Waals surface area (Å²) in [7, 11) is 3.85. The maximum absolute atomic E-state index is 6.41. The van der Waals surface area contributed by atoms with Gasteiger partial charge in [0, 0.05) is 30.2 Å². The van der Waals surface area contributed by atoms with Gasteiger partial charge in [0.05, 0.1) is 28.8 Å². The van der Waals surface area contributed by atoms with E-state index < -0.39 is 0 Å². The molecule has 1 aromatic heterocycles. The van der Waals surface area contributed by atoms with E-state index in [1.54, 1.807) is 19.2 Å². The highest BCUT2D eigenvalue weighted by Gasteiger charge is 2.40. The lowest BCUT2D eigenvalue weighted by Crippen LogP contribution is -2.20. The van der Waals surface area contributed by atoms with Gasteiger partial charge in [0.25, 0.3) is 0 Å². The topological polar surface area (TPSA) is 59.5 Å². The Hall–Kier alpha value is -1.99. The molecule has 3 aromatic rings. The minimum atomic E-state index is 0. The van der Waals surface area contributed by atoms with Crippen LogP contribution in [0, 0.1) is 11.8 Å². The first-order valence-electron chi connectivity index (χ1n) is 10.4. The summed E-state index contributed by atoms with van der Waals surface area (Å²) in [4.78, 5) is 11.3. The normalized spacial score (nSPS) is 22.4. The van der Waals surface area contributed by atoms with Crippen LogP contribution >= 0.6 is 35.6 Å². The lowest BCUT2D eigenvalue weighted by atomic mass is 10.0. The zero-order valence-corrected chi connectivity index (χ0v) is 20.2. The minimum Gasteiger partial charge on any atom is -0.493 e. The van der Waals surface area contributed by atoms with E-state index in [9.17, 15) is 0 Å². The summed E-state index contributed by atoms with van der Waals surface area (Å²) in [6.07, 6.45) is 3.92. The zero-order chi connectivity index (χ0) is 21.5. The van der Waals surface area contributed by atoms with Gasteiger partial charge in [-0.25, -0.2) is 9.97 Å². The number of aromatic nitrogens is 2. The van der Waals surface area contributed by atoms with Crippen molar-refractivity contribution in [3.8, 4) is 11.5 Å². The second-order valence-electron chi connectivity index (χ2n) is 8.45. The first-order valence-corrected chi connectivity index (χ1v) is 11.2. The molecule has 3 atom stereocenters. The second kappa shape index (κ2) is 9.48. The molecule has 0 amide bonds. The number of rotatable bonds is 5. The minimum absolute atomic E-state index is 0. The van der Waals surface area contributed by atoms with E-state index in [0.29, 0.717) is 21.6 Å². The fraction of sp³-hybridized carbons (Fsp3) is 0.391. The molecular weight excluding hydrogens is 471 g/mol. The quantitative estimate of drug-likeness (QED) is 0.480. The predicted molar refractivity (Wildman–Crippen MR) is 131 cm³/mol. The van der Waals surface area contributed by atoms with Crippen molar-refractivity contribution < 1.29 is 9.47 Å². The van der Waals surface area contributed by atoms with Crippen LogP contribution in [0.15, 0.2) is 36.7 Å². The maximum atomic E-state index is 6.41. The van der Waals surface area contributed by atoms with E-state index in [0.717, 1.165) is 60.1 Å². The number of nitrogens with one attached hydrogen (secondary N) is 1. The molecule has 2 aromatic carbocycles. The van der Waals surface area contributed by atoms with Crippen LogP contribution < -0.4 is 14.8 Å². The average Bonchev–Trinajstić information content (AvgIpc) is 3.27. The molecule has 1 aliphatic heterocycles. The lowest BCUT2D eigenvalue weighted by Gasteiger charge is -2.19. The van der Waals surface area contributed by atoms with Crippen LogP contribution in [0.3, 0.4) is 0 Å². The summed E-state index contributed by atoms with van der Waals surface area (Å²) in [5.41, 5.74) is 1.57. The van der Waals surface area contributed by atoms with Crippen molar-refractivity contribution in [3.05, 3.63) is 46.7 Å². The first-order chi connectivity index (χ1) is 15.0. The number of hydrogen-bond acceptors (Lipinski definition) is 6. The van der Waals surface area contributed by atoms with Crippen LogP contribution in [0.2, 0.25) is 10.0 Å². The van der Waals surface area contributed by atoms with Crippen molar-refractivity contribution >= 4 is 58.0 Å². The fourth-order valence-electron chi connectivity index (χ4n) is 4.88. The Labute approximate surface area is 203 Å². The summed E-state index contributed by atoms with van der Waals surface area (Å²) < 4.78 is 12.1. The third kappa shape index (κ3) is 4.55. The van der Waals surface area contributed by atoms with Crippen LogP contribution in [0.4, 0.5) is 11.5 Å². The van der Waals surface area contributed by atoms with Gasteiger partial charge >= 0.3 is 0 Å². The van der Waals surface area contributed by atoms with E-state index in [2.05, 4.69) is 27.2 Å². The Morgan fingerprint density at radius 1 is 1.00 bits per heavy atom. The molecule has 2 heterocycles. The molecule has 2 aliphatic rings. The molecule has 9 heteroatoms. The van der Waals surface area contributed by atoms with Crippen molar-refractivity contribution in [3.63, 3.8) is 0 Å². The molecule has 1 saturated carbocycles. The SMILES string of the molecule is COc1cc2c(Nc3ccc(Cl)c(Cl)c3)ncnc2cc1OC1C[C@@H]2CN(C)C[C@@H]2C1.Cl. The molecule has 5 rings (SSSR count). The molecule has 32 heavy (non-hydrogen) atoms. The number of fused-ring (bicyclic) bond motifs is 2. The molecule has 1 N–H and O–H groups in total. The van der Waals surface area contributed by atoms with E-state index in [1.807, 2.05) is 18.2 Å². The summed E-state index contributed by atoms with van der Waals surface area (Å²) in [5, 5.41) is 5.11. The highest BCUT2D eigenvalue weighted by Crippen LogP contribution is 2.42. The molecule has 2 fully saturated rings. The number of methoxy groups -OCH3 is 1. The van der Waals surface area contributed by atoms with Crippen LogP contribution in [0.25, 0.3) is 10.9 Å². The molecule has 1 unspecified atom stereocenters. The smallest absolute Gasteiger partial charge is 0.163 e. The first kappa shape index (κ1) is 23.2. The van der Waals surface area contributed by atoms with Crippen LogP contribution in [-0.4, -0.2) is 48.2 Å². The third-order valence-corrected chi connectivity index (χ3v) is 7.03. The lowest BCUT2D eigenvalue weighted by molar-refractivity contribution is 0.183.